The molecule has 7 heteroatoms. The molecule has 0 amide bonds. The third kappa shape index (κ3) is 3.45. The zero-order chi connectivity index (χ0) is 16.4. The van der Waals surface area contributed by atoms with Crippen LogP contribution < -0.4 is 11.1 Å². The molecule has 3 nitrogen and oxygen atoms in total. The van der Waals surface area contributed by atoms with E-state index in [-0.39, 0.29) is 0 Å². The van der Waals surface area contributed by atoms with E-state index in [0.29, 0.717) is 22.2 Å². The topological polar surface area (TPSA) is 50.9 Å². The standard InChI is InChI=1S/C16H12F3N3S/c17-16(18,19)10-4-3-5-11(8-10)21-15-22-14(9-23-15)12-6-1-2-7-13(12)20/h1-9H,20H2,(H,21,22). The second-order valence-corrected chi connectivity index (χ2v) is 5.69. The minimum Gasteiger partial charge on any atom is -0.398 e. The first-order chi connectivity index (χ1) is 10.9. The molecule has 0 unspecified atom stereocenters. The van der Waals surface area contributed by atoms with Gasteiger partial charge in [0.2, 0.25) is 0 Å². The van der Waals surface area contributed by atoms with Crippen LogP contribution in [-0.2, 0) is 6.18 Å². The highest BCUT2D eigenvalue weighted by Crippen LogP contribution is 2.33. The lowest BCUT2D eigenvalue weighted by molar-refractivity contribution is -0.137. The number of thiazole rings is 1. The maximum atomic E-state index is 12.7. The molecule has 0 saturated carbocycles. The summed E-state index contributed by atoms with van der Waals surface area (Å²) in [4.78, 5) is 4.37. The maximum Gasteiger partial charge on any atom is 0.416 e. The van der Waals surface area contributed by atoms with Gasteiger partial charge >= 0.3 is 6.18 Å². The van der Waals surface area contributed by atoms with Gasteiger partial charge in [0.05, 0.1) is 11.3 Å². The number of aromatic nitrogens is 1. The van der Waals surface area contributed by atoms with E-state index in [9.17, 15) is 13.2 Å². The zero-order valence-electron chi connectivity index (χ0n) is 11.8. The summed E-state index contributed by atoms with van der Waals surface area (Å²) in [5.41, 5.74) is 7.61. The molecule has 0 radical (unpaired) electrons. The highest BCUT2D eigenvalue weighted by molar-refractivity contribution is 7.14. The molecule has 3 N–H and O–H groups in total. The van der Waals surface area contributed by atoms with Gasteiger partial charge in [-0.05, 0) is 24.3 Å². The molecule has 0 aliphatic rings. The number of nitrogens with two attached hydrogens (primary N) is 1. The Morgan fingerprint density at radius 3 is 2.57 bits per heavy atom. The third-order valence-electron chi connectivity index (χ3n) is 3.18. The first-order valence-electron chi connectivity index (χ1n) is 6.68. The van der Waals surface area contributed by atoms with E-state index in [0.717, 1.165) is 17.7 Å². The number of nitrogens with zero attached hydrogens (tertiary/aromatic N) is 1. The number of halogens is 3. The Labute approximate surface area is 134 Å². The van der Waals surface area contributed by atoms with Crippen LogP contribution in [0, 0.1) is 0 Å². The molecule has 0 fully saturated rings. The second-order valence-electron chi connectivity index (χ2n) is 4.83. The Morgan fingerprint density at radius 2 is 1.83 bits per heavy atom. The van der Waals surface area contributed by atoms with E-state index in [4.69, 9.17) is 5.73 Å². The molecule has 3 aromatic rings. The van der Waals surface area contributed by atoms with Crippen molar-refractivity contribution in [1.29, 1.82) is 0 Å². The third-order valence-corrected chi connectivity index (χ3v) is 3.94. The highest BCUT2D eigenvalue weighted by Gasteiger charge is 2.30. The molecule has 0 bridgehead atoms. The first-order valence-corrected chi connectivity index (χ1v) is 7.56. The van der Waals surface area contributed by atoms with Gasteiger partial charge in [-0.3, -0.25) is 0 Å². The molecular weight excluding hydrogens is 323 g/mol. The van der Waals surface area contributed by atoms with Crippen LogP contribution in [0.25, 0.3) is 11.3 Å². The summed E-state index contributed by atoms with van der Waals surface area (Å²) < 4.78 is 38.2. The van der Waals surface area contributed by atoms with Crippen LogP contribution >= 0.6 is 11.3 Å². The number of para-hydroxylation sites is 1. The van der Waals surface area contributed by atoms with Gasteiger partial charge in [-0.25, -0.2) is 4.98 Å². The van der Waals surface area contributed by atoms with Crippen LogP contribution in [0.5, 0.6) is 0 Å². The number of rotatable bonds is 3. The van der Waals surface area contributed by atoms with Gasteiger partial charge in [0.15, 0.2) is 5.13 Å². The number of hydrogen-bond acceptors (Lipinski definition) is 4. The van der Waals surface area contributed by atoms with Crippen LogP contribution in [0.4, 0.5) is 29.7 Å². The van der Waals surface area contributed by atoms with Crippen molar-refractivity contribution in [3.05, 3.63) is 59.5 Å². The lowest BCUT2D eigenvalue weighted by Crippen LogP contribution is -2.05. The molecular formula is C16H12F3N3S. The normalized spacial score (nSPS) is 11.4. The van der Waals surface area contributed by atoms with Gasteiger partial charge in [-0.15, -0.1) is 11.3 Å². The van der Waals surface area contributed by atoms with Crippen molar-refractivity contribution in [1.82, 2.24) is 4.98 Å². The largest absolute Gasteiger partial charge is 0.416 e. The van der Waals surface area contributed by atoms with Gasteiger partial charge in [-0.1, -0.05) is 24.3 Å². The van der Waals surface area contributed by atoms with Gasteiger partial charge in [0, 0.05) is 22.3 Å². The van der Waals surface area contributed by atoms with Gasteiger partial charge in [0.1, 0.15) is 0 Å². The van der Waals surface area contributed by atoms with Crippen molar-refractivity contribution >= 4 is 27.8 Å². The van der Waals surface area contributed by atoms with E-state index in [1.165, 1.54) is 17.4 Å². The summed E-state index contributed by atoms with van der Waals surface area (Å²) in [6.07, 6.45) is -4.37. The fourth-order valence-corrected chi connectivity index (χ4v) is 2.81. The van der Waals surface area contributed by atoms with E-state index >= 15 is 0 Å². The summed E-state index contributed by atoms with van der Waals surface area (Å²) in [6, 6.07) is 12.3. The molecule has 3 rings (SSSR count). The summed E-state index contributed by atoms with van der Waals surface area (Å²) >= 11 is 1.30. The molecule has 0 aliphatic carbocycles. The smallest absolute Gasteiger partial charge is 0.398 e. The van der Waals surface area contributed by atoms with Crippen LogP contribution in [0.2, 0.25) is 0 Å². The van der Waals surface area contributed by atoms with Crippen molar-refractivity contribution in [2.45, 2.75) is 6.18 Å². The van der Waals surface area contributed by atoms with E-state index in [1.807, 2.05) is 23.6 Å². The highest BCUT2D eigenvalue weighted by atomic mass is 32.1. The summed E-state index contributed by atoms with van der Waals surface area (Å²) in [5.74, 6) is 0. The Bertz CT molecular complexity index is 827. The molecule has 1 aromatic heterocycles. The average molecular weight is 335 g/mol. The fourth-order valence-electron chi connectivity index (χ4n) is 2.08. The second kappa shape index (κ2) is 5.92. The quantitative estimate of drug-likeness (QED) is 0.651. The van der Waals surface area contributed by atoms with Crippen LogP contribution in [-0.4, -0.2) is 4.98 Å². The molecule has 0 spiro atoms. The van der Waals surface area contributed by atoms with Crippen LogP contribution in [0.1, 0.15) is 5.56 Å². The number of nitrogens with one attached hydrogen (secondary N) is 1. The molecule has 0 atom stereocenters. The lowest BCUT2D eigenvalue weighted by atomic mass is 10.1. The Morgan fingerprint density at radius 1 is 1.04 bits per heavy atom. The summed E-state index contributed by atoms with van der Waals surface area (Å²) in [7, 11) is 0. The Kier molecular flexibility index (Phi) is 3.96. The van der Waals surface area contributed by atoms with Gasteiger partial charge < -0.3 is 11.1 Å². The Balaban J connectivity index is 1.84. The minimum atomic E-state index is -4.37. The number of anilines is 3. The Hall–Kier alpha value is -2.54. The number of alkyl halides is 3. The van der Waals surface area contributed by atoms with Crippen LogP contribution in [0.15, 0.2) is 53.9 Å². The average Bonchev–Trinajstić information content (AvgIpc) is 2.95. The number of benzene rings is 2. The van der Waals surface area contributed by atoms with Crippen LogP contribution in [0.3, 0.4) is 0 Å². The minimum absolute atomic E-state index is 0.335. The van der Waals surface area contributed by atoms with E-state index in [1.54, 1.807) is 12.1 Å². The predicted octanol–water partition coefficient (Wildman–Crippen LogP) is 5.15. The molecule has 0 saturated heterocycles. The van der Waals surface area contributed by atoms with Crippen molar-refractivity contribution < 1.29 is 13.2 Å². The fraction of sp³-hybridized carbons (Fsp3) is 0.0625. The van der Waals surface area contributed by atoms with Crippen molar-refractivity contribution in [2.24, 2.45) is 0 Å². The lowest BCUT2D eigenvalue weighted by Gasteiger charge is -2.09. The summed E-state index contributed by atoms with van der Waals surface area (Å²) in [6.45, 7) is 0. The number of hydrogen-bond donors (Lipinski definition) is 2. The monoisotopic (exact) mass is 335 g/mol. The molecule has 23 heavy (non-hydrogen) atoms. The van der Waals surface area contributed by atoms with Crippen molar-refractivity contribution in [3.63, 3.8) is 0 Å². The van der Waals surface area contributed by atoms with Crippen molar-refractivity contribution in [3.8, 4) is 11.3 Å². The maximum absolute atomic E-state index is 12.7. The zero-order valence-corrected chi connectivity index (χ0v) is 12.6. The summed E-state index contributed by atoms with van der Waals surface area (Å²) in [5, 5.41) is 5.20. The molecule has 0 aliphatic heterocycles. The van der Waals surface area contributed by atoms with E-state index in [2.05, 4.69) is 10.3 Å². The number of nitrogen functional groups attached to an aromatic ring is 1. The molecule has 1 heterocycles. The predicted molar refractivity (Wildman–Crippen MR) is 86.7 cm³/mol. The van der Waals surface area contributed by atoms with E-state index < -0.39 is 11.7 Å². The molecule has 2 aromatic carbocycles. The van der Waals surface area contributed by atoms with Gasteiger partial charge in [0.25, 0.3) is 0 Å². The van der Waals surface area contributed by atoms with Crippen molar-refractivity contribution in [2.75, 3.05) is 11.1 Å². The molecule has 118 valence electrons. The van der Waals surface area contributed by atoms with Gasteiger partial charge in [-0.2, -0.15) is 13.2 Å². The SMILES string of the molecule is Nc1ccccc1-c1csc(Nc2cccc(C(F)(F)F)c2)n1. The first kappa shape index (κ1) is 15.4.